The number of benzene rings is 1. The Morgan fingerprint density at radius 1 is 1.41 bits per heavy atom. The molecule has 2 rings (SSSR count). The molecule has 2 aromatic rings. The van der Waals surface area contributed by atoms with Gasteiger partial charge in [-0.25, -0.2) is 9.18 Å². The lowest BCUT2D eigenvalue weighted by Crippen LogP contribution is -2.09. The van der Waals surface area contributed by atoms with E-state index in [1.807, 2.05) is 0 Å². The quantitative estimate of drug-likeness (QED) is 0.745. The summed E-state index contributed by atoms with van der Waals surface area (Å²) in [7, 11) is 0. The minimum atomic E-state index is -1.22. The number of hydrogen-bond acceptors (Lipinski definition) is 2. The van der Waals surface area contributed by atoms with Gasteiger partial charge in [0.2, 0.25) is 5.91 Å². The molecule has 17 heavy (non-hydrogen) atoms. The molecular formula is C11H9FN2O3. The average Bonchev–Trinajstić information content (AvgIpc) is 2.56. The fraction of sp³-hybridized carbons (Fsp3) is 0.0909. The topological polar surface area (TPSA) is 82.2 Å². The maximum Gasteiger partial charge on any atom is 0.354 e. The second-order valence-corrected chi connectivity index (χ2v) is 3.55. The van der Waals surface area contributed by atoms with Gasteiger partial charge in [-0.15, -0.1) is 0 Å². The maximum atomic E-state index is 13.1. The molecule has 6 heteroatoms. The number of nitrogens with one attached hydrogen (secondary N) is 2. The van der Waals surface area contributed by atoms with E-state index >= 15 is 0 Å². The number of hydrogen-bond donors (Lipinski definition) is 3. The monoisotopic (exact) mass is 236 g/mol. The van der Waals surface area contributed by atoms with Gasteiger partial charge in [0, 0.05) is 17.8 Å². The van der Waals surface area contributed by atoms with Gasteiger partial charge < -0.3 is 15.4 Å². The fourth-order valence-corrected chi connectivity index (χ4v) is 1.63. The zero-order chi connectivity index (χ0) is 12.6. The van der Waals surface area contributed by atoms with Gasteiger partial charge in [0.1, 0.15) is 11.5 Å². The maximum absolute atomic E-state index is 13.1. The Morgan fingerprint density at radius 2 is 2.12 bits per heavy atom. The lowest BCUT2D eigenvalue weighted by molar-refractivity contribution is -0.114. The first kappa shape index (κ1) is 11.1. The van der Waals surface area contributed by atoms with Gasteiger partial charge >= 0.3 is 5.97 Å². The second-order valence-electron chi connectivity index (χ2n) is 3.55. The van der Waals surface area contributed by atoms with Crippen molar-refractivity contribution >= 4 is 28.5 Å². The van der Waals surface area contributed by atoms with E-state index in [4.69, 9.17) is 5.11 Å². The molecule has 0 fully saturated rings. The number of rotatable bonds is 2. The summed E-state index contributed by atoms with van der Waals surface area (Å²) in [5.74, 6) is -2.14. The van der Waals surface area contributed by atoms with Crippen molar-refractivity contribution in [2.45, 2.75) is 6.92 Å². The first-order valence-electron chi connectivity index (χ1n) is 4.81. The van der Waals surface area contributed by atoms with E-state index in [0.29, 0.717) is 10.9 Å². The van der Waals surface area contributed by atoms with E-state index in [1.54, 1.807) is 0 Å². The van der Waals surface area contributed by atoms with Gasteiger partial charge in [-0.3, -0.25) is 4.79 Å². The lowest BCUT2D eigenvalue weighted by atomic mass is 10.2. The molecule has 1 amide bonds. The average molecular weight is 236 g/mol. The number of carboxylic acid groups (broad SMARTS) is 1. The van der Waals surface area contributed by atoms with E-state index in [2.05, 4.69) is 10.3 Å². The minimum absolute atomic E-state index is 0.0829. The first-order valence-corrected chi connectivity index (χ1v) is 4.81. The number of aromatic carboxylic acids is 1. The predicted octanol–water partition coefficient (Wildman–Crippen LogP) is 1.96. The molecule has 0 unspecified atom stereocenters. The van der Waals surface area contributed by atoms with Crippen molar-refractivity contribution in [2.24, 2.45) is 0 Å². The molecule has 88 valence electrons. The number of carbonyl (C=O) groups is 2. The summed E-state index contributed by atoms with van der Waals surface area (Å²) in [6, 6.07) is 3.80. The number of H-pyrrole nitrogens is 1. The Balaban J connectivity index is 2.72. The molecule has 0 bridgehead atoms. The highest BCUT2D eigenvalue weighted by molar-refractivity contribution is 6.10. The summed E-state index contributed by atoms with van der Waals surface area (Å²) in [5.41, 5.74) is 0.368. The van der Waals surface area contributed by atoms with Crippen LogP contribution in [0, 0.1) is 5.82 Å². The van der Waals surface area contributed by atoms with E-state index in [-0.39, 0.29) is 11.4 Å². The predicted molar refractivity (Wildman–Crippen MR) is 59.5 cm³/mol. The van der Waals surface area contributed by atoms with Crippen molar-refractivity contribution in [3.63, 3.8) is 0 Å². The molecule has 0 aliphatic heterocycles. The van der Waals surface area contributed by atoms with Crippen LogP contribution in [0.2, 0.25) is 0 Å². The second kappa shape index (κ2) is 3.89. The third-order valence-corrected chi connectivity index (χ3v) is 2.28. The fourth-order valence-electron chi connectivity index (χ4n) is 1.63. The molecule has 1 aromatic heterocycles. The smallest absolute Gasteiger partial charge is 0.354 e. The first-order chi connectivity index (χ1) is 7.99. The van der Waals surface area contributed by atoms with Crippen LogP contribution in [0.3, 0.4) is 0 Å². The van der Waals surface area contributed by atoms with Crippen molar-refractivity contribution in [1.82, 2.24) is 4.98 Å². The van der Waals surface area contributed by atoms with Crippen LogP contribution in [0.25, 0.3) is 10.9 Å². The Hall–Kier alpha value is -2.37. The summed E-state index contributed by atoms with van der Waals surface area (Å²) in [6.07, 6.45) is 0. The Bertz CT molecular complexity index is 618. The van der Waals surface area contributed by atoms with Crippen LogP contribution in [0.15, 0.2) is 18.2 Å². The van der Waals surface area contributed by atoms with Gasteiger partial charge in [-0.1, -0.05) is 0 Å². The summed E-state index contributed by atoms with van der Waals surface area (Å²) in [6.45, 7) is 1.25. The van der Waals surface area contributed by atoms with Crippen LogP contribution in [0.5, 0.6) is 0 Å². The van der Waals surface area contributed by atoms with Crippen molar-refractivity contribution in [3.8, 4) is 0 Å². The van der Waals surface area contributed by atoms with Crippen molar-refractivity contribution in [1.29, 1.82) is 0 Å². The Labute approximate surface area is 95.2 Å². The number of carboxylic acids is 1. The van der Waals surface area contributed by atoms with E-state index in [1.165, 1.54) is 25.1 Å². The minimum Gasteiger partial charge on any atom is -0.477 e. The zero-order valence-corrected chi connectivity index (χ0v) is 8.87. The molecule has 0 saturated heterocycles. The summed E-state index contributed by atoms with van der Waals surface area (Å²) in [4.78, 5) is 24.6. The normalized spacial score (nSPS) is 10.5. The van der Waals surface area contributed by atoms with E-state index in [0.717, 1.165) is 0 Å². The molecule has 5 nitrogen and oxygen atoms in total. The van der Waals surface area contributed by atoms with Crippen molar-refractivity contribution in [3.05, 3.63) is 29.7 Å². The Morgan fingerprint density at radius 3 is 2.71 bits per heavy atom. The van der Waals surface area contributed by atoms with Gasteiger partial charge in [0.15, 0.2) is 0 Å². The number of aromatic nitrogens is 1. The van der Waals surface area contributed by atoms with Gasteiger partial charge in [0.25, 0.3) is 0 Å². The number of halogens is 1. The molecule has 0 saturated carbocycles. The van der Waals surface area contributed by atoms with Gasteiger partial charge in [-0.05, 0) is 18.2 Å². The Kier molecular flexibility index (Phi) is 2.55. The summed E-state index contributed by atoms with van der Waals surface area (Å²) >= 11 is 0. The highest BCUT2D eigenvalue weighted by Crippen LogP contribution is 2.28. The lowest BCUT2D eigenvalue weighted by Gasteiger charge is -2.01. The van der Waals surface area contributed by atoms with E-state index in [9.17, 15) is 14.0 Å². The number of fused-ring (bicyclic) bond motifs is 1. The van der Waals surface area contributed by atoms with Crippen LogP contribution in [-0.4, -0.2) is 22.0 Å². The van der Waals surface area contributed by atoms with Crippen molar-refractivity contribution < 1.29 is 19.1 Å². The number of aromatic amines is 1. The largest absolute Gasteiger partial charge is 0.477 e. The SMILES string of the molecule is CC(=O)Nc1c(C(=O)O)[nH]c2ccc(F)cc12. The molecule has 0 atom stereocenters. The third kappa shape index (κ3) is 1.96. The van der Waals surface area contributed by atoms with Gasteiger partial charge in [0.05, 0.1) is 5.69 Å². The van der Waals surface area contributed by atoms with Crippen LogP contribution in [0.4, 0.5) is 10.1 Å². The molecule has 1 aromatic carbocycles. The molecular weight excluding hydrogens is 227 g/mol. The van der Waals surface area contributed by atoms with Gasteiger partial charge in [-0.2, -0.15) is 0 Å². The molecule has 1 heterocycles. The van der Waals surface area contributed by atoms with Crippen molar-refractivity contribution in [2.75, 3.05) is 5.32 Å². The molecule has 3 N–H and O–H groups in total. The highest BCUT2D eigenvalue weighted by Gasteiger charge is 2.18. The third-order valence-electron chi connectivity index (χ3n) is 2.28. The highest BCUT2D eigenvalue weighted by atomic mass is 19.1. The molecule has 0 aliphatic carbocycles. The van der Waals surface area contributed by atoms with Crippen LogP contribution in [0.1, 0.15) is 17.4 Å². The number of anilines is 1. The summed E-state index contributed by atoms with van der Waals surface area (Å²) < 4.78 is 13.1. The van der Waals surface area contributed by atoms with E-state index < -0.39 is 17.7 Å². The molecule has 0 radical (unpaired) electrons. The molecule has 0 spiro atoms. The van der Waals surface area contributed by atoms with Crippen LogP contribution < -0.4 is 5.32 Å². The zero-order valence-electron chi connectivity index (χ0n) is 8.87. The standard InChI is InChI=1S/C11H9FN2O3/c1-5(15)13-9-7-4-6(12)2-3-8(7)14-10(9)11(16)17/h2-4,14H,1H3,(H,13,15)(H,16,17). The number of carbonyl (C=O) groups excluding carboxylic acids is 1. The van der Waals surface area contributed by atoms with Crippen LogP contribution >= 0.6 is 0 Å². The molecule has 0 aliphatic rings. The summed E-state index contributed by atoms with van der Waals surface area (Å²) in [5, 5.41) is 11.7. The van der Waals surface area contributed by atoms with Crippen LogP contribution in [-0.2, 0) is 4.79 Å². The number of amides is 1.